The van der Waals surface area contributed by atoms with Crippen molar-refractivity contribution in [3.05, 3.63) is 47.1 Å². The zero-order chi connectivity index (χ0) is 28.2. The molecule has 0 amide bonds. The zero-order valence-corrected chi connectivity index (χ0v) is 23.7. The van der Waals surface area contributed by atoms with Crippen molar-refractivity contribution in [1.29, 1.82) is 0 Å². The highest BCUT2D eigenvalue weighted by molar-refractivity contribution is 7.90. The number of sulfone groups is 1. The van der Waals surface area contributed by atoms with Crippen molar-refractivity contribution in [3.8, 4) is 11.5 Å². The number of nitrogens with zero attached hydrogens (tertiary/aromatic N) is 4. The van der Waals surface area contributed by atoms with Crippen molar-refractivity contribution >= 4 is 50.3 Å². The van der Waals surface area contributed by atoms with E-state index in [9.17, 15) is 18.6 Å². The lowest BCUT2D eigenvalue weighted by Gasteiger charge is -2.35. The molecule has 0 radical (unpaired) electrons. The summed E-state index contributed by atoms with van der Waals surface area (Å²) in [4.78, 5) is 13.3. The Morgan fingerprint density at radius 2 is 1.85 bits per heavy atom. The minimum Gasteiger partial charge on any atom is -0.508 e. The van der Waals surface area contributed by atoms with E-state index >= 15 is 0 Å². The first-order valence-corrected chi connectivity index (χ1v) is 14.7. The summed E-state index contributed by atoms with van der Waals surface area (Å²) in [7, 11) is 0.0485. The maximum atomic E-state index is 12.3. The van der Waals surface area contributed by atoms with Gasteiger partial charge in [-0.1, -0.05) is 11.6 Å². The summed E-state index contributed by atoms with van der Waals surface area (Å²) in [5.74, 6) is 0.808. The summed E-state index contributed by atoms with van der Waals surface area (Å²) >= 11 is 6.33. The number of likely N-dealkylation sites (N-methyl/N-ethyl adjacent to an activating group) is 1. The number of nitrogens with one attached hydrogen (secondary N) is 2. The Morgan fingerprint density at radius 1 is 1.10 bits per heavy atom. The maximum Gasteiger partial charge on any atom is 0.229 e. The summed E-state index contributed by atoms with van der Waals surface area (Å²) in [5, 5.41) is 25.6. The number of phenolic OH excluding ortho intramolecular Hbond substituents is 1. The quantitative estimate of drug-likeness (QED) is 0.264. The van der Waals surface area contributed by atoms with E-state index in [0.717, 1.165) is 49.8 Å². The smallest absolute Gasteiger partial charge is 0.229 e. The molecule has 2 heterocycles. The summed E-state index contributed by atoms with van der Waals surface area (Å²) < 4.78 is 30.2. The fourth-order valence-corrected chi connectivity index (χ4v) is 5.37. The Balaban J connectivity index is 1.66. The molecule has 1 saturated heterocycles. The van der Waals surface area contributed by atoms with Crippen molar-refractivity contribution in [2.24, 2.45) is 0 Å². The molecular weight excluding hydrogens is 544 g/mol. The number of benzene rings is 2. The van der Waals surface area contributed by atoms with Crippen LogP contribution in [-0.4, -0.2) is 86.7 Å². The number of aliphatic hydroxyl groups is 1. The van der Waals surface area contributed by atoms with Gasteiger partial charge in [0.2, 0.25) is 5.95 Å². The molecule has 13 heteroatoms. The molecule has 0 saturated carbocycles. The van der Waals surface area contributed by atoms with Gasteiger partial charge in [-0.05, 0) is 43.7 Å². The third-order valence-electron chi connectivity index (χ3n) is 6.46. The molecule has 1 aliphatic rings. The molecule has 0 bridgehead atoms. The second kappa shape index (κ2) is 12.2. The molecule has 1 fully saturated rings. The largest absolute Gasteiger partial charge is 0.508 e. The molecule has 0 atom stereocenters. The number of aliphatic hydroxyl groups excluding tert-OH is 1. The van der Waals surface area contributed by atoms with Gasteiger partial charge in [-0.3, -0.25) is 0 Å². The van der Waals surface area contributed by atoms with Gasteiger partial charge in [0.1, 0.15) is 16.5 Å². The van der Waals surface area contributed by atoms with Crippen molar-refractivity contribution in [3.63, 3.8) is 0 Å². The Morgan fingerprint density at radius 3 is 2.51 bits per heavy atom. The Kier molecular flexibility index (Phi) is 9.01. The first-order chi connectivity index (χ1) is 18.6. The molecule has 0 unspecified atom stereocenters. The van der Waals surface area contributed by atoms with E-state index in [4.69, 9.17) is 16.3 Å². The standard InChI is InChI=1S/C26H33ClN6O5S/c1-32-8-10-33(11-9-32)22-15-23(38-2)21(13-17(22)5-4-12-34)30-26-28-16-19(27)25(31-26)29-20-7-6-18(35)14-24(20)39(3,36)37/h6-7,13-16,34-35H,4-5,8-12H2,1-3H3,(H2,28,29,30,31). The van der Waals surface area contributed by atoms with Gasteiger partial charge in [0.25, 0.3) is 0 Å². The van der Waals surface area contributed by atoms with Crippen LogP contribution in [0.4, 0.5) is 28.8 Å². The van der Waals surface area contributed by atoms with Crippen molar-refractivity contribution in [2.45, 2.75) is 17.7 Å². The number of hydrogen-bond acceptors (Lipinski definition) is 11. The van der Waals surface area contributed by atoms with Gasteiger partial charge in [0.15, 0.2) is 15.7 Å². The number of aryl methyl sites for hydroxylation is 1. The first kappa shape index (κ1) is 28.7. The minimum atomic E-state index is -3.65. The van der Waals surface area contributed by atoms with E-state index in [2.05, 4.69) is 37.4 Å². The third-order valence-corrected chi connectivity index (χ3v) is 7.87. The van der Waals surface area contributed by atoms with E-state index in [1.165, 1.54) is 18.3 Å². The number of phenols is 1. The lowest BCUT2D eigenvalue weighted by molar-refractivity contribution is 0.288. The van der Waals surface area contributed by atoms with Crippen molar-refractivity contribution < 1.29 is 23.4 Å². The zero-order valence-electron chi connectivity index (χ0n) is 22.1. The molecule has 0 aliphatic carbocycles. The second-order valence-corrected chi connectivity index (χ2v) is 11.8. The molecule has 0 spiro atoms. The van der Waals surface area contributed by atoms with Gasteiger partial charge in [-0.25, -0.2) is 13.4 Å². The highest BCUT2D eigenvalue weighted by Crippen LogP contribution is 2.37. The molecule has 3 aromatic rings. The molecule has 4 rings (SSSR count). The molecule has 4 N–H and O–H groups in total. The van der Waals surface area contributed by atoms with Crippen LogP contribution in [0, 0.1) is 0 Å². The predicted octanol–water partition coefficient (Wildman–Crippen LogP) is 3.41. The molecular formula is C26H33ClN6O5S. The number of ether oxygens (including phenoxy) is 1. The summed E-state index contributed by atoms with van der Waals surface area (Å²) in [6.45, 7) is 3.77. The highest BCUT2D eigenvalue weighted by atomic mass is 35.5. The van der Waals surface area contributed by atoms with E-state index in [1.54, 1.807) is 7.11 Å². The van der Waals surface area contributed by atoms with E-state index < -0.39 is 9.84 Å². The van der Waals surface area contributed by atoms with Gasteiger partial charge < -0.3 is 35.4 Å². The summed E-state index contributed by atoms with van der Waals surface area (Å²) in [6.07, 6.45) is 3.75. The second-order valence-electron chi connectivity index (χ2n) is 9.39. The van der Waals surface area contributed by atoms with Gasteiger partial charge >= 0.3 is 0 Å². The van der Waals surface area contributed by atoms with Crippen LogP contribution in [0.1, 0.15) is 12.0 Å². The number of methoxy groups -OCH3 is 1. The third kappa shape index (κ3) is 7.01. The van der Waals surface area contributed by atoms with E-state index in [-0.39, 0.29) is 39.7 Å². The number of halogens is 1. The van der Waals surface area contributed by atoms with Crippen molar-refractivity contribution in [2.75, 3.05) is 68.7 Å². The average molecular weight is 577 g/mol. The molecule has 1 aromatic heterocycles. The van der Waals surface area contributed by atoms with Crippen LogP contribution in [0.2, 0.25) is 5.02 Å². The first-order valence-electron chi connectivity index (χ1n) is 12.4. The Labute approximate surface area is 233 Å². The fourth-order valence-electron chi connectivity index (χ4n) is 4.38. The average Bonchev–Trinajstić information content (AvgIpc) is 2.90. The number of aromatic hydroxyl groups is 1. The minimum absolute atomic E-state index is 0.0824. The van der Waals surface area contributed by atoms with E-state index in [0.29, 0.717) is 24.3 Å². The Hall–Kier alpha value is -3.32. The number of hydrogen-bond donors (Lipinski definition) is 4. The summed E-state index contributed by atoms with van der Waals surface area (Å²) in [6, 6.07) is 7.93. The lowest BCUT2D eigenvalue weighted by Crippen LogP contribution is -2.44. The number of piperazine rings is 1. The van der Waals surface area contributed by atoms with Gasteiger partial charge in [-0.15, -0.1) is 0 Å². The molecule has 210 valence electrons. The normalized spacial score (nSPS) is 14.3. The maximum absolute atomic E-state index is 12.3. The van der Waals surface area contributed by atoms with Crippen LogP contribution in [0.5, 0.6) is 11.5 Å². The van der Waals surface area contributed by atoms with Crippen LogP contribution < -0.4 is 20.3 Å². The predicted molar refractivity (Wildman–Crippen MR) is 153 cm³/mol. The van der Waals surface area contributed by atoms with Crippen LogP contribution in [0.3, 0.4) is 0 Å². The number of anilines is 5. The molecule has 2 aromatic carbocycles. The highest BCUT2D eigenvalue weighted by Gasteiger charge is 2.21. The molecule has 1 aliphatic heterocycles. The number of rotatable bonds is 10. The fraction of sp³-hybridized carbons (Fsp3) is 0.385. The van der Waals surface area contributed by atoms with Crippen LogP contribution >= 0.6 is 11.6 Å². The number of aromatic nitrogens is 2. The van der Waals surface area contributed by atoms with Gasteiger partial charge in [0.05, 0.1) is 29.6 Å². The Bertz CT molecular complexity index is 1430. The molecule has 39 heavy (non-hydrogen) atoms. The topological polar surface area (TPSA) is 140 Å². The van der Waals surface area contributed by atoms with Crippen molar-refractivity contribution in [1.82, 2.24) is 14.9 Å². The van der Waals surface area contributed by atoms with Crippen LogP contribution in [-0.2, 0) is 16.3 Å². The van der Waals surface area contributed by atoms with Gasteiger partial charge in [0, 0.05) is 56.9 Å². The van der Waals surface area contributed by atoms with Crippen LogP contribution in [0.25, 0.3) is 0 Å². The SMILES string of the molecule is COc1cc(N2CCN(C)CC2)c(CCCO)cc1Nc1ncc(Cl)c(Nc2ccc(O)cc2S(C)(=O)=O)n1. The monoisotopic (exact) mass is 576 g/mol. The van der Waals surface area contributed by atoms with Crippen LogP contribution in [0.15, 0.2) is 41.4 Å². The van der Waals surface area contributed by atoms with E-state index in [1.807, 2.05) is 12.1 Å². The molecule has 11 nitrogen and oxygen atoms in total. The lowest BCUT2D eigenvalue weighted by atomic mass is 10.0. The summed E-state index contributed by atoms with van der Waals surface area (Å²) in [5.41, 5.74) is 2.98. The van der Waals surface area contributed by atoms with Gasteiger partial charge in [-0.2, -0.15) is 4.98 Å².